The first-order chi connectivity index (χ1) is 13.6. The molecule has 0 bridgehead atoms. The van der Waals surface area contributed by atoms with Gasteiger partial charge in [0.1, 0.15) is 11.5 Å². The van der Waals surface area contributed by atoms with Gasteiger partial charge in [-0.25, -0.2) is 0 Å². The number of ketones is 1. The molecule has 4 N–H and O–H groups in total. The van der Waals surface area contributed by atoms with E-state index in [9.17, 15) is 4.79 Å². The minimum atomic E-state index is -0.0696. The highest BCUT2D eigenvalue weighted by molar-refractivity contribution is 7.19. The molecule has 0 saturated heterocycles. The fourth-order valence-electron chi connectivity index (χ4n) is 2.50. The van der Waals surface area contributed by atoms with Gasteiger partial charge in [0.2, 0.25) is 5.78 Å². The summed E-state index contributed by atoms with van der Waals surface area (Å²) < 4.78 is 11.5. The van der Waals surface area contributed by atoms with E-state index in [1.165, 1.54) is 22.7 Å². The zero-order valence-electron chi connectivity index (χ0n) is 14.6. The van der Waals surface area contributed by atoms with Crippen LogP contribution in [0.2, 0.25) is 0 Å². The average molecular weight is 409 g/mol. The summed E-state index contributed by atoms with van der Waals surface area (Å²) in [6.45, 7) is 0. The highest BCUT2D eigenvalue weighted by Gasteiger charge is 2.16. The van der Waals surface area contributed by atoms with Gasteiger partial charge in [-0.3, -0.25) is 4.79 Å². The number of benzene rings is 2. The van der Waals surface area contributed by atoms with E-state index in [1.54, 1.807) is 48.5 Å². The van der Waals surface area contributed by atoms with Crippen LogP contribution in [0.5, 0.6) is 21.6 Å². The molecule has 28 heavy (non-hydrogen) atoms. The van der Waals surface area contributed by atoms with E-state index in [0.29, 0.717) is 42.8 Å². The summed E-state index contributed by atoms with van der Waals surface area (Å²) in [7, 11) is 0. The van der Waals surface area contributed by atoms with E-state index in [4.69, 9.17) is 20.9 Å². The van der Waals surface area contributed by atoms with Crippen LogP contribution >= 0.6 is 22.7 Å². The van der Waals surface area contributed by atoms with Crippen molar-refractivity contribution in [3.05, 3.63) is 82.6 Å². The molecule has 2 heterocycles. The molecule has 7 heteroatoms. The van der Waals surface area contributed by atoms with Gasteiger partial charge in [-0.1, -0.05) is 34.8 Å². The van der Waals surface area contributed by atoms with Crippen LogP contribution < -0.4 is 20.9 Å². The van der Waals surface area contributed by atoms with Gasteiger partial charge in [0, 0.05) is 23.5 Å². The van der Waals surface area contributed by atoms with Crippen LogP contribution in [-0.4, -0.2) is 5.78 Å². The molecule has 140 valence electrons. The Morgan fingerprint density at radius 2 is 1.14 bits per heavy atom. The maximum Gasteiger partial charge on any atom is 0.213 e. The first-order valence-electron chi connectivity index (χ1n) is 8.38. The summed E-state index contributed by atoms with van der Waals surface area (Å²) in [5.74, 6) is 1.20. The summed E-state index contributed by atoms with van der Waals surface area (Å²) in [6, 6.07) is 21.4. The normalized spacial score (nSPS) is 10.6. The molecule has 4 rings (SSSR count). The lowest BCUT2D eigenvalue weighted by Gasteiger charge is -2.03. The average Bonchev–Trinajstić information content (AvgIpc) is 3.31. The molecule has 2 aromatic heterocycles. The second-order valence-corrected chi connectivity index (χ2v) is 8.01. The minimum Gasteiger partial charge on any atom is -0.447 e. The number of nitrogens with two attached hydrogens (primary N) is 2. The van der Waals surface area contributed by atoms with Gasteiger partial charge in [-0.15, -0.1) is 0 Å². The maximum absolute atomic E-state index is 12.8. The predicted molar refractivity (Wildman–Crippen MR) is 114 cm³/mol. The predicted octanol–water partition coefficient (Wildman–Crippen LogP) is 5.79. The zero-order valence-corrected chi connectivity index (χ0v) is 16.3. The van der Waals surface area contributed by atoms with Crippen molar-refractivity contribution in [3.63, 3.8) is 0 Å². The van der Waals surface area contributed by atoms with Crippen molar-refractivity contribution in [2.75, 3.05) is 11.5 Å². The third-order valence-electron chi connectivity index (χ3n) is 3.76. The van der Waals surface area contributed by atoms with Gasteiger partial charge in [0.05, 0.1) is 9.75 Å². The molecule has 0 aliphatic carbocycles. The first kappa shape index (κ1) is 18.1. The van der Waals surface area contributed by atoms with E-state index >= 15 is 0 Å². The van der Waals surface area contributed by atoms with Gasteiger partial charge in [0.25, 0.3) is 0 Å². The lowest BCUT2D eigenvalue weighted by molar-refractivity contribution is 0.104. The van der Waals surface area contributed by atoms with Crippen LogP contribution in [0.15, 0.2) is 72.8 Å². The molecule has 0 fully saturated rings. The lowest BCUT2D eigenvalue weighted by Crippen LogP contribution is -1.93. The number of carbonyl (C=O) groups excluding carboxylic acids is 1. The summed E-state index contributed by atoms with van der Waals surface area (Å²) in [5, 5.41) is 1.25. The standard InChI is InChI=1S/C21H16N2O3S2/c22-13-3-1-5-15(11-13)25-19-9-7-17(27-19)21(24)18-8-10-20(28-18)26-16-6-2-4-14(23)12-16/h1-12H,22-23H2. The zero-order chi connectivity index (χ0) is 19.5. The van der Waals surface area contributed by atoms with Gasteiger partial charge in [-0.05, 0) is 48.5 Å². The Morgan fingerprint density at radius 1 is 0.679 bits per heavy atom. The van der Waals surface area contributed by atoms with Crippen molar-refractivity contribution in [1.29, 1.82) is 0 Å². The molecular weight excluding hydrogens is 392 g/mol. The molecule has 0 amide bonds. The van der Waals surface area contributed by atoms with Crippen molar-refractivity contribution in [2.45, 2.75) is 0 Å². The largest absolute Gasteiger partial charge is 0.447 e. The van der Waals surface area contributed by atoms with Gasteiger partial charge < -0.3 is 20.9 Å². The Labute approximate surface area is 169 Å². The van der Waals surface area contributed by atoms with Crippen LogP contribution in [0.4, 0.5) is 11.4 Å². The first-order valence-corrected chi connectivity index (χ1v) is 10.0. The monoisotopic (exact) mass is 408 g/mol. The fraction of sp³-hybridized carbons (Fsp3) is 0. The Kier molecular flexibility index (Phi) is 5.01. The van der Waals surface area contributed by atoms with Crippen LogP contribution in [0.3, 0.4) is 0 Å². The van der Waals surface area contributed by atoms with Crippen molar-refractivity contribution >= 4 is 39.8 Å². The smallest absolute Gasteiger partial charge is 0.213 e. The second kappa shape index (κ2) is 7.75. The third-order valence-corrected chi connectivity index (χ3v) is 5.69. The van der Waals surface area contributed by atoms with Gasteiger partial charge in [0.15, 0.2) is 10.1 Å². The number of anilines is 2. The van der Waals surface area contributed by atoms with Crippen LogP contribution in [0.1, 0.15) is 14.5 Å². The molecule has 5 nitrogen and oxygen atoms in total. The van der Waals surface area contributed by atoms with Gasteiger partial charge in [-0.2, -0.15) is 0 Å². The highest BCUT2D eigenvalue weighted by atomic mass is 32.1. The van der Waals surface area contributed by atoms with E-state index in [0.717, 1.165) is 0 Å². The molecule has 0 aliphatic heterocycles. The van der Waals surface area contributed by atoms with Crippen molar-refractivity contribution in [1.82, 2.24) is 0 Å². The van der Waals surface area contributed by atoms with Crippen LogP contribution in [0.25, 0.3) is 0 Å². The number of ether oxygens (including phenoxy) is 2. The summed E-state index contributed by atoms with van der Waals surface area (Å²) >= 11 is 2.58. The number of rotatable bonds is 6. The number of hydrogen-bond acceptors (Lipinski definition) is 7. The molecule has 0 aliphatic rings. The number of carbonyl (C=O) groups is 1. The highest BCUT2D eigenvalue weighted by Crippen LogP contribution is 2.35. The minimum absolute atomic E-state index is 0.0696. The SMILES string of the molecule is Nc1cccc(Oc2ccc(C(=O)c3ccc(Oc4cccc(N)c4)s3)s2)c1. The lowest BCUT2D eigenvalue weighted by atomic mass is 10.3. The molecule has 2 aromatic carbocycles. The Balaban J connectivity index is 1.46. The topological polar surface area (TPSA) is 87.6 Å². The Morgan fingerprint density at radius 3 is 1.57 bits per heavy atom. The van der Waals surface area contributed by atoms with E-state index in [2.05, 4.69) is 0 Å². The molecule has 0 spiro atoms. The van der Waals surface area contributed by atoms with Crippen molar-refractivity contribution in [3.8, 4) is 21.6 Å². The summed E-state index contributed by atoms with van der Waals surface area (Å²) in [4.78, 5) is 13.9. The Hall–Kier alpha value is -3.29. The van der Waals surface area contributed by atoms with Crippen molar-refractivity contribution < 1.29 is 14.3 Å². The molecule has 0 radical (unpaired) electrons. The molecule has 0 atom stereocenters. The third kappa shape index (κ3) is 4.16. The Bertz CT molecular complexity index is 1050. The van der Waals surface area contributed by atoms with Crippen LogP contribution in [-0.2, 0) is 0 Å². The number of nitrogen functional groups attached to an aromatic ring is 2. The van der Waals surface area contributed by atoms with Crippen molar-refractivity contribution in [2.24, 2.45) is 0 Å². The second-order valence-electron chi connectivity index (χ2n) is 5.92. The summed E-state index contributed by atoms with van der Waals surface area (Å²) in [5.41, 5.74) is 12.8. The quantitative estimate of drug-likeness (QED) is 0.311. The molecule has 0 saturated carbocycles. The van der Waals surface area contributed by atoms with E-state index in [-0.39, 0.29) is 5.78 Å². The molecular formula is C21H16N2O3S2. The maximum atomic E-state index is 12.8. The van der Waals surface area contributed by atoms with E-state index < -0.39 is 0 Å². The fourth-order valence-corrected chi connectivity index (χ4v) is 4.23. The van der Waals surface area contributed by atoms with E-state index in [1.807, 2.05) is 24.3 Å². The molecule has 0 unspecified atom stereocenters. The van der Waals surface area contributed by atoms with Crippen LogP contribution in [0, 0.1) is 0 Å². The number of hydrogen-bond donors (Lipinski definition) is 2. The van der Waals surface area contributed by atoms with Gasteiger partial charge >= 0.3 is 0 Å². The summed E-state index contributed by atoms with van der Waals surface area (Å²) in [6.07, 6.45) is 0. The number of thiophene rings is 2. The molecule has 4 aromatic rings.